The molecule has 0 radical (unpaired) electrons. The monoisotopic (exact) mass is 392 g/mol. The molecule has 1 aliphatic heterocycles. The summed E-state index contributed by atoms with van der Waals surface area (Å²) < 4.78 is 14.7. The fourth-order valence-electron chi connectivity index (χ4n) is 3.22. The third-order valence-corrected chi connectivity index (χ3v) is 5.18. The van der Waals surface area contributed by atoms with Gasteiger partial charge in [0.15, 0.2) is 0 Å². The Bertz CT molecular complexity index is 946. The Morgan fingerprint density at radius 1 is 1.41 bits per heavy atom. The van der Waals surface area contributed by atoms with Crippen molar-refractivity contribution in [3.63, 3.8) is 0 Å². The number of fused-ring (bicyclic) bond motifs is 2. The standard InChI is InChI=1S/C18H21FN4O3S/c1-11(24)20-15(6-8-27-2)18(26)22-7-5-14-13(10-22)17(25)23-9-12(19)3-4-16(23)21-14/h3-4,9,15H,5-8,10H2,1-2H3,(H,20,24)/t15-/m0/s1. The van der Waals surface area contributed by atoms with Crippen LogP contribution >= 0.6 is 11.8 Å². The number of amides is 2. The van der Waals surface area contributed by atoms with Crippen molar-refractivity contribution in [2.24, 2.45) is 0 Å². The molecule has 2 aromatic rings. The molecule has 0 bridgehead atoms. The van der Waals surface area contributed by atoms with Crippen LogP contribution in [-0.4, -0.2) is 50.7 Å². The van der Waals surface area contributed by atoms with Crippen LogP contribution in [0.4, 0.5) is 4.39 Å². The van der Waals surface area contributed by atoms with Gasteiger partial charge in [-0.25, -0.2) is 9.37 Å². The number of hydrogen-bond acceptors (Lipinski definition) is 5. The molecule has 2 aromatic heterocycles. The van der Waals surface area contributed by atoms with Crippen molar-refractivity contribution >= 4 is 29.2 Å². The molecular formula is C18H21FN4O3S. The number of hydrogen-bond donors (Lipinski definition) is 1. The molecule has 0 saturated heterocycles. The largest absolute Gasteiger partial charge is 0.345 e. The maximum Gasteiger partial charge on any atom is 0.263 e. The summed E-state index contributed by atoms with van der Waals surface area (Å²) in [5, 5.41) is 2.70. The summed E-state index contributed by atoms with van der Waals surface area (Å²) in [7, 11) is 0. The van der Waals surface area contributed by atoms with Gasteiger partial charge in [0.2, 0.25) is 11.8 Å². The summed E-state index contributed by atoms with van der Waals surface area (Å²) in [5.41, 5.74) is 1.04. The summed E-state index contributed by atoms with van der Waals surface area (Å²) in [6.45, 7) is 1.90. The summed E-state index contributed by atoms with van der Waals surface area (Å²) >= 11 is 1.59. The minimum Gasteiger partial charge on any atom is -0.345 e. The first-order valence-electron chi connectivity index (χ1n) is 8.65. The lowest BCUT2D eigenvalue weighted by Gasteiger charge is -2.31. The van der Waals surface area contributed by atoms with E-state index in [1.54, 1.807) is 16.7 Å². The van der Waals surface area contributed by atoms with Crippen LogP contribution < -0.4 is 10.9 Å². The average molecular weight is 392 g/mol. The molecular weight excluding hydrogens is 371 g/mol. The Labute approximate surface area is 160 Å². The molecule has 144 valence electrons. The van der Waals surface area contributed by atoms with Gasteiger partial charge in [0.05, 0.1) is 17.8 Å². The number of pyridine rings is 1. The Hall–Kier alpha value is -2.42. The van der Waals surface area contributed by atoms with E-state index in [0.29, 0.717) is 36.3 Å². The topological polar surface area (TPSA) is 83.8 Å². The molecule has 3 rings (SSSR count). The van der Waals surface area contributed by atoms with E-state index in [-0.39, 0.29) is 23.9 Å². The average Bonchev–Trinajstić information content (AvgIpc) is 2.65. The molecule has 3 heterocycles. The van der Waals surface area contributed by atoms with Crippen LogP contribution in [0.1, 0.15) is 24.6 Å². The highest BCUT2D eigenvalue weighted by Crippen LogP contribution is 2.17. The van der Waals surface area contributed by atoms with Gasteiger partial charge in [0, 0.05) is 26.1 Å². The fraction of sp³-hybridized carbons (Fsp3) is 0.444. The first-order valence-corrected chi connectivity index (χ1v) is 10.0. The van der Waals surface area contributed by atoms with Crippen LogP contribution in [0.25, 0.3) is 5.65 Å². The van der Waals surface area contributed by atoms with E-state index in [2.05, 4.69) is 10.3 Å². The van der Waals surface area contributed by atoms with Gasteiger partial charge >= 0.3 is 0 Å². The normalized spacial score (nSPS) is 14.7. The smallest absolute Gasteiger partial charge is 0.263 e. The maximum atomic E-state index is 13.5. The van der Waals surface area contributed by atoms with Crippen LogP contribution in [0, 0.1) is 5.82 Å². The Morgan fingerprint density at radius 2 is 2.19 bits per heavy atom. The zero-order valence-electron chi connectivity index (χ0n) is 15.2. The molecule has 0 aromatic carbocycles. The summed E-state index contributed by atoms with van der Waals surface area (Å²) in [4.78, 5) is 43.1. The molecule has 0 spiro atoms. The van der Waals surface area contributed by atoms with Crippen molar-refractivity contribution < 1.29 is 14.0 Å². The SMILES string of the molecule is CSCC[C@H](NC(C)=O)C(=O)N1CCc2nc3ccc(F)cn3c(=O)c2C1. The Balaban J connectivity index is 1.89. The van der Waals surface area contributed by atoms with Gasteiger partial charge < -0.3 is 10.2 Å². The van der Waals surface area contributed by atoms with Crippen molar-refractivity contribution in [3.8, 4) is 0 Å². The second-order valence-electron chi connectivity index (χ2n) is 6.46. The van der Waals surface area contributed by atoms with Crippen LogP contribution in [0.3, 0.4) is 0 Å². The molecule has 0 unspecified atom stereocenters. The minimum absolute atomic E-state index is 0.106. The highest BCUT2D eigenvalue weighted by molar-refractivity contribution is 7.98. The lowest BCUT2D eigenvalue weighted by Crippen LogP contribution is -2.50. The number of thioether (sulfide) groups is 1. The van der Waals surface area contributed by atoms with Crippen LogP contribution in [-0.2, 0) is 22.6 Å². The summed E-state index contributed by atoms with van der Waals surface area (Å²) in [6, 6.07) is 2.10. The third kappa shape index (κ3) is 4.13. The summed E-state index contributed by atoms with van der Waals surface area (Å²) in [6.07, 6.45) is 4.00. The molecule has 1 N–H and O–H groups in total. The maximum absolute atomic E-state index is 13.5. The molecule has 27 heavy (non-hydrogen) atoms. The highest BCUT2D eigenvalue weighted by atomic mass is 32.2. The van der Waals surface area contributed by atoms with Gasteiger partial charge in [0.1, 0.15) is 17.5 Å². The van der Waals surface area contributed by atoms with E-state index in [1.807, 2.05) is 6.26 Å². The van der Waals surface area contributed by atoms with E-state index in [1.165, 1.54) is 23.5 Å². The van der Waals surface area contributed by atoms with Gasteiger partial charge in [0.25, 0.3) is 5.56 Å². The van der Waals surface area contributed by atoms with Crippen molar-refractivity contribution in [2.45, 2.75) is 32.4 Å². The van der Waals surface area contributed by atoms with Gasteiger partial charge in [-0.2, -0.15) is 11.8 Å². The van der Waals surface area contributed by atoms with Crippen LogP contribution in [0.15, 0.2) is 23.1 Å². The first kappa shape index (κ1) is 19.3. The lowest BCUT2D eigenvalue weighted by molar-refractivity contribution is -0.137. The van der Waals surface area contributed by atoms with Gasteiger partial charge in [-0.3, -0.25) is 18.8 Å². The number of nitrogens with zero attached hydrogens (tertiary/aromatic N) is 3. The highest BCUT2D eigenvalue weighted by Gasteiger charge is 2.29. The molecule has 0 fully saturated rings. The zero-order chi connectivity index (χ0) is 19.6. The second kappa shape index (κ2) is 8.08. The molecule has 2 amide bonds. The van der Waals surface area contributed by atoms with Crippen LogP contribution in [0.5, 0.6) is 0 Å². The number of halogens is 1. The van der Waals surface area contributed by atoms with Crippen molar-refractivity contribution in [1.82, 2.24) is 19.6 Å². The summed E-state index contributed by atoms with van der Waals surface area (Å²) in [5.74, 6) is -0.281. The zero-order valence-corrected chi connectivity index (χ0v) is 16.0. The number of carbonyl (C=O) groups excluding carboxylic acids is 2. The third-order valence-electron chi connectivity index (χ3n) is 4.53. The first-order chi connectivity index (χ1) is 12.9. The number of rotatable bonds is 5. The fourth-order valence-corrected chi connectivity index (χ4v) is 3.69. The van der Waals surface area contributed by atoms with E-state index in [9.17, 15) is 18.8 Å². The molecule has 1 aliphatic rings. The van der Waals surface area contributed by atoms with Crippen molar-refractivity contribution in [2.75, 3.05) is 18.6 Å². The van der Waals surface area contributed by atoms with Crippen molar-refractivity contribution in [1.29, 1.82) is 0 Å². The van der Waals surface area contributed by atoms with E-state index in [4.69, 9.17) is 0 Å². The predicted octanol–water partition coefficient (Wildman–Crippen LogP) is 0.976. The van der Waals surface area contributed by atoms with E-state index < -0.39 is 11.9 Å². The van der Waals surface area contributed by atoms with Gasteiger partial charge in [-0.15, -0.1) is 0 Å². The Kier molecular flexibility index (Phi) is 5.79. The molecule has 7 nitrogen and oxygen atoms in total. The quantitative estimate of drug-likeness (QED) is 0.820. The van der Waals surface area contributed by atoms with E-state index in [0.717, 1.165) is 11.9 Å². The number of carbonyl (C=O) groups is 2. The van der Waals surface area contributed by atoms with Gasteiger partial charge in [-0.1, -0.05) is 0 Å². The van der Waals surface area contributed by atoms with E-state index >= 15 is 0 Å². The molecule has 0 saturated carbocycles. The predicted molar refractivity (Wildman–Crippen MR) is 101 cm³/mol. The van der Waals surface area contributed by atoms with Gasteiger partial charge in [-0.05, 0) is 30.6 Å². The molecule has 9 heteroatoms. The van der Waals surface area contributed by atoms with Crippen molar-refractivity contribution in [3.05, 3.63) is 45.8 Å². The second-order valence-corrected chi connectivity index (χ2v) is 7.45. The number of aromatic nitrogens is 2. The minimum atomic E-state index is -0.620. The lowest BCUT2D eigenvalue weighted by atomic mass is 10.0. The molecule has 1 atom stereocenters. The van der Waals surface area contributed by atoms with Crippen LogP contribution in [0.2, 0.25) is 0 Å². The number of nitrogens with one attached hydrogen (secondary N) is 1. The Morgan fingerprint density at radius 3 is 2.89 bits per heavy atom. The molecule has 0 aliphatic carbocycles.